The lowest BCUT2D eigenvalue weighted by Crippen LogP contribution is -2.61. The number of ether oxygens (including phenoxy) is 9. The van der Waals surface area contributed by atoms with E-state index in [4.69, 9.17) is 47.0 Å². The van der Waals surface area contributed by atoms with Gasteiger partial charge in [0.25, 0.3) is 11.7 Å². The molecule has 2 N–H and O–H groups in total. The molecule has 4 fully saturated rings. The van der Waals surface area contributed by atoms with Crippen molar-refractivity contribution in [2.24, 2.45) is 46.8 Å². The molecular weight excluding hydrogens is 1300 g/mol. The lowest BCUT2D eigenvalue weighted by molar-refractivity contribution is -0.265. The van der Waals surface area contributed by atoms with Crippen LogP contribution in [-0.2, 0) is 86.4 Å². The molecule has 1 amide bonds. The molecule has 2 bridgehead atoms. The molecule has 18 atom stereocenters. The minimum Gasteiger partial charge on any atom is -0.462 e. The highest BCUT2D eigenvalue weighted by Crippen LogP contribution is 2.63. The number of ketones is 4. The Bertz CT molecular complexity index is 3440. The van der Waals surface area contributed by atoms with Crippen LogP contribution in [0.1, 0.15) is 218 Å². The summed E-state index contributed by atoms with van der Waals surface area (Å²) in [7, 11) is 4.40. The summed E-state index contributed by atoms with van der Waals surface area (Å²) in [5.74, 6) is -11.7. The third kappa shape index (κ3) is 16.9. The molecule has 2 saturated heterocycles. The van der Waals surface area contributed by atoms with Crippen LogP contribution in [0, 0.1) is 46.8 Å². The monoisotopic (exact) mass is 1410 g/mol. The first-order chi connectivity index (χ1) is 47.9. The van der Waals surface area contributed by atoms with Crippen molar-refractivity contribution >= 4 is 58.9 Å². The van der Waals surface area contributed by atoms with Crippen molar-refractivity contribution in [3.8, 4) is 0 Å². The van der Waals surface area contributed by atoms with Crippen molar-refractivity contribution in [3.05, 3.63) is 81.9 Å². The first-order valence-corrected chi connectivity index (χ1v) is 36.5. The van der Waals surface area contributed by atoms with Crippen LogP contribution in [0.3, 0.4) is 0 Å². The maximum absolute atomic E-state index is 14.7. The van der Waals surface area contributed by atoms with Gasteiger partial charge in [0.05, 0.1) is 24.2 Å². The highest BCUT2D eigenvalue weighted by molar-refractivity contribution is 6.39. The van der Waals surface area contributed by atoms with Gasteiger partial charge >= 0.3 is 29.8 Å². The molecule has 2 saturated carbocycles. The van der Waals surface area contributed by atoms with Crippen molar-refractivity contribution < 1.29 is 105 Å². The number of rotatable bonds is 14. The summed E-state index contributed by atoms with van der Waals surface area (Å²) in [6.07, 6.45) is 11.1. The van der Waals surface area contributed by atoms with Gasteiger partial charge < -0.3 is 62.2 Å². The zero-order valence-corrected chi connectivity index (χ0v) is 61.2. The van der Waals surface area contributed by atoms with Crippen LogP contribution in [0.25, 0.3) is 0 Å². The van der Waals surface area contributed by atoms with Crippen LogP contribution in [0.15, 0.2) is 69.4 Å². The van der Waals surface area contributed by atoms with E-state index in [0.29, 0.717) is 99.3 Å². The topological polar surface area (TPSA) is 311 Å². The molecule has 0 radical (unpaired) electrons. The Morgan fingerprint density at radius 3 is 2.19 bits per heavy atom. The number of piperidine rings is 1. The second kappa shape index (κ2) is 33.3. The van der Waals surface area contributed by atoms with Crippen LogP contribution in [0.2, 0.25) is 0 Å². The summed E-state index contributed by atoms with van der Waals surface area (Å²) in [5, 5.41) is 23.8. The van der Waals surface area contributed by atoms with Gasteiger partial charge in [0.2, 0.25) is 11.6 Å². The molecule has 101 heavy (non-hydrogen) atoms. The van der Waals surface area contributed by atoms with Crippen LogP contribution in [0.5, 0.6) is 0 Å². The van der Waals surface area contributed by atoms with E-state index in [9.17, 15) is 58.2 Å². The second-order valence-corrected chi connectivity index (χ2v) is 30.5. The van der Waals surface area contributed by atoms with E-state index in [1.165, 1.54) is 32.3 Å². The number of methoxy groups -OCH3 is 3. The second-order valence-electron chi connectivity index (χ2n) is 30.5. The zero-order valence-electron chi connectivity index (χ0n) is 61.2. The molecule has 556 valence electrons. The standard InChI is InChI=1S/C78H107NO22/c1-42-20-15-14-16-21-43(2)57(93-12)37-52-28-25-48(7)78(91,101-52)72(87)73(88)79-33-18-17-22-55(79)75(90)98-58(38-56(81)44(3)35-47(6)68(85)71(94-13)67(84)46(5)34-42)45(4)36-50-26-29-51(30-27-50)97-62(82)23-19-24-63(83)99-60-32-31-54-64-66(59(96-49(8)80)39-76(54,60)9)77(10)61(41-92-11)100-74(89)53-40-95-70(65(53)77)69(64)86/h14-16,20-21,35,40,42,44-46,48,50-52,54-55,57-61,68,71,85,91H,17-19,22-34,36-39,41H2,1-13H3/b16-14+,20-15+,43-21+,47-35+/t42-,44-,45-,46-,48-,50-,51-,52+,54?,55+,57+,58+,59-,60+,61-,68-,71+,76+,77+,78-/m1/s1. The number of aliphatic hydroxyl groups is 2. The lowest BCUT2D eigenvalue weighted by Gasteiger charge is -2.52. The fourth-order valence-electron chi connectivity index (χ4n) is 17.4. The zero-order chi connectivity index (χ0) is 73.6. The van der Waals surface area contributed by atoms with Gasteiger partial charge in [-0.25, -0.2) is 9.59 Å². The van der Waals surface area contributed by atoms with Crippen LogP contribution in [-0.4, -0.2) is 175 Å². The SMILES string of the molecule is COC[C@H]1OC(=O)c2coc3c2[C@@]1(C)C1=C(C3=O)C2CC[C@H](OC(=O)CCCC(=O)O[C@H]3CC[C@H](C[C@@H](C)[C@@H]4CC(=O)[C@H](C)/C=C(\C)[C@@H](O)[C@@H](OC)C(=O)[C@H](C)C[C@H](C)/C=C/C=C/C=C(\C)[C@@H](OC)C[C@@H]5CC[C@@H](C)[C@@](O)(O5)C(=O)C(=O)N5CCCC[C@H]5C(=O)O4)CC3)[C@@]2(C)C[C@H]1OC(C)=O. The van der Waals surface area contributed by atoms with E-state index in [1.54, 1.807) is 40.9 Å². The number of hydrogen-bond donors (Lipinski definition) is 2. The number of amides is 1. The van der Waals surface area contributed by atoms with E-state index in [2.05, 4.69) is 0 Å². The minimum absolute atomic E-state index is 0.00820. The fraction of sp³-hybridized carbons (Fsp3) is 0.692. The predicted octanol–water partition coefficient (Wildman–Crippen LogP) is 10.2. The third-order valence-electron chi connectivity index (χ3n) is 23.3. The Kier molecular flexibility index (Phi) is 25.9. The van der Waals surface area contributed by atoms with Gasteiger partial charge in [0.1, 0.15) is 66.4 Å². The van der Waals surface area contributed by atoms with Crippen molar-refractivity contribution in [1.82, 2.24) is 4.90 Å². The van der Waals surface area contributed by atoms with Crippen molar-refractivity contribution in [2.45, 2.75) is 263 Å². The quantitative estimate of drug-likeness (QED) is 0.0757. The van der Waals surface area contributed by atoms with E-state index in [0.717, 1.165) is 5.57 Å². The summed E-state index contributed by atoms with van der Waals surface area (Å²) in [5.41, 5.74) is 0.621. The predicted molar refractivity (Wildman–Crippen MR) is 366 cm³/mol. The van der Waals surface area contributed by atoms with E-state index >= 15 is 0 Å². The molecule has 9 rings (SSSR count). The first kappa shape index (κ1) is 78.4. The number of carbonyl (C=O) groups is 10. The Morgan fingerprint density at radius 1 is 0.792 bits per heavy atom. The molecule has 23 heteroatoms. The number of nitrogens with zero attached hydrogens (tertiary/aromatic N) is 1. The number of Topliss-reactive ketones (excluding diaryl/α,β-unsaturated/α-hetero) is 4. The minimum atomic E-state index is -2.49. The number of furan rings is 1. The first-order valence-electron chi connectivity index (χ1n) is 36.5. The van der Waals surface area contributed by atoms with E-state index in [-0.39, 0.29) is 92.8 Å². The number of carbonyl (C=O) groups excluding carboxylic acids is 10. The maximum Gasteiger partial charge on any atom is 0.342 e. The van der Waals surface area contributed by atoms with Crippen molar-refractivity contribution in [2.75, 3.05) is 34.5 Å². The number of allylic oxidation sites excluding steroid dienone is 7. The van der Waals surface area contributed by atoms with Gasteiger partial charge in [-0.15, -0.1) is 0 Å². The molecule has 5 heterocycles. The smallest absolute Gasteiger partial charge is 0.342 e. The number of hydrogen-bond acceptors (Lipinski definition) is 22. The fourth-order valence-corrected chi connectivity index (χ4v) is 17.4. The van der Waals surface area contributed by atoms with Crippen molar-refractivity contribution in [1.29, 1.82) is 0 Å². The number of cyclic esters (lactones) is 2. The average Bonchev–Trinajstić information content (AvgIpc) is 1.65. The van der Waals surface area contributed by atoms with Gasteiger partial charge in [0.15, 0.2) is 11.5 Å². The average molecular weight is 1410 g/mol. The summed E-state index contributed by atoms with van der Waals surface area (Å²) >= 11 is 0. The highest BCUT2D eigenvalue weighted by Gasteiger charge is 2.65. The van der Waals surface area contributed by atoms with E-state index < -0.39 is 155 Å². The van der Waals surface area contributed by atoms with Crippen molar-refractivity contribution in [3.63, 3.8) is 0 Å². The molecule has 4 aliphatic heterocycles. The summed E-state index contributed by atoms with van der Waals surface area (Å²) in [6, 6.07) is -1.22. The Labute approximate surface area is 593 Å². The molecule has 23 nitrogen and oxygen atoms in total. The Morgan fingerprint density at radius 2 is 1.50 bits per heavy atom. The van der Waals surface area contributed by atoms with Gasteiger partial charge in [-0.2, -0.15) is 0 Å². The summed E-state index contributed by atoms with van der Waals surface area (Å²) < 4.78 is 59.6. The van der Waals surface area contributed by atoms with Gasteiger partial charge in [-0.1, -0.05) is 78.0 Å². The van der Waals surface area contributed by atoms with Gasteiger partial charge in [-0.05, 0) is 157 Å². The molecular formula is C78H107NO22. The van der Waals surface area contributed by atoms with Gasteiger partial charge in [-0.3, -0.25) is 38.4 Å². The van der Waals surface area contributed by atoms with Crippen LogP contribution >= 0.6 is 0 Å². The third-order valence-corrected chi connectivity index (χ3v) is 23.3. The van der Waals surface area contributed by atoms with Gasteiger partial charge in [0, 0.05) is 94.8 Å². The number of fused-ring (bicyclic) bond motifs is 6. The molecule has 8 aliphatic rings. The summed E-state index contributed by atoms with van der Waals surface area (Å²) in [4.78, 5) is 141. The molecule has 1 aromatic rings. The van der Waals surface area contributed by atoms with Crippen LogP contribution in [0.4, 0.5) is 0 Å². The van der Waals surface area contributed by atoms with E-state index in [1.807, 2.05) is 65.0 Å². The maximum atomic E-state index is 14.7. The number of aliphatic hydroxyl groups excluding tert-OH is 1. The Hall–Kier alpha value is -6.76. The molecule has 4 aliphatic carbocycles. The Balaban J connectivity index is 0.839. The normalized spacial score (nSPS) is 37.7. The lowest BCUT2D eigenvalue weighted by atomic mass is 9.54. The number of esters is 5. The molecule has 1 aromatic heterocycles. The molecule has 0 aromatic carbocycles. The molecule has 0 spiro atoms. The highest BCUT2D eigenvalue weighted by atomic mass is 16.6. The summed E-state index contributed by atoms with van der Waals surface area (Å²) in [6.45, 7) is 17.6. The van der Waals surface area contributed by atoms with Crippen LogP contribution < -0.4 is 0 Å². The largest absolute Gasteiger partial charge is 0.462 e. The molecule has 1 unspecified atom stereocenters.